The van der Waals surface area contributed by atoms with Crippen molar-refractivity contribution in [2.45, 2.75) is 0 Å². The molecule has 0 aliphatic heterocycles. The highest BCUT2D eigenvalue weighted by molar-refractivity contribution is 7.15. The minimum absolute atomic E-state index is 0.121. The van der Waals surface area contributed by atoms with E-state index in [4.69, 9.17) is 0 Å². The molecule has 1 N–H and O–H groups in total. The molecule has 2 unspecified atom stereocenters. The van der Waals surface area contributed by atoms with Crippen molar-refractivity contribution in [3.8, 4) is 0 Å². The molecule has 0 rings (SSSR count). The van der Waals surface area contributed by atoms with Gasteiger partial charge >= 0.3 is 0 Å². The van der Waals surface area contributed by atoms with Crippen LogP contribution >= 0.6 is 18.8 Å². The number of carbonyl (C=O) groups excluding carboxylic acids is 2. The largest absolute Gasteiger partial charge is 0.319 e. The lowest BCUT2D eigenvalue weighted by Gasteiger charge is -2.11. The molecule has 0 aromatic rings. The van der Waals surface area contributed by atoms with Crippen LogP contribution in [0, 0.1) is 0 Å². The van der Waals surface area contributed by atoms with Gasteiger partial charge in [0.05, 0.1) is 13.1 Å². The van der Waals surface area contributed by atoms with Crippen molar-refractivity contribution in [2.24, 2.45) is 0 Å². The van der Waals surface area contributed by atoms with Crippen LogP contribution in [0.3, 0.4) is 0 Å². The average molecular weight is 180 g/mol. The summed E-state index contributed by atoms with van der Waals surface area (Å²) in [6, 6.07) is 0. The van der Waals surface area contributed by atoms with Crippen LogP contribution in [0.4, 0.5) is 0 Å². The topological polar surface area (TPSA) is 49.4 Å². The van der Waals surface area contributed by atoms with Crippen molar-refractivity contribution in [2.75, 3.05) is 13.1 Å². The first-order chi connectivity index (χ1) is 4.72. The molecule has 0 spiro atoms. The van der Waals surface area contributed by atoms with Crippen molar-refractivity contribution in [1.82, 2.24) is 9.76 Å². The van der Waals surface area contributed by atoms with Gasteiger partial charge in [0.15, 0.2) is 0 Å². The van der Waals surface area contributed by atoms with Crippen molar-refractivity contribution in [3.63, 3.8) is 0 Å². The number of carbonyl (C=O) groups is 2. The lowest BCUT2D eigenvalue weighted by Crippen LogP contribution is -2.29. The highest BCUT2D eigenvalue weighted by Crippen LogP contribution is 1.95. The van der Waals surface area contributed by atoms with Gasteiger partial charge in [0.25, 0.3) is 0 Å². The van der Waals surface area contributed by atoms with Crippen molar-refractivity contribution < 1.29 is 9.59 Å². The Hall–Kier alpha value is -0.0400. The van der Waals surface area contributed by atoms with Gasteiger partial charge < -0.3 is 9.46 Å². The summed E-state index contributed by atoms with van der Waals surface area (Å²) < 4.78 is 1.27. The van der Waals surface area contributed by atoms with Crippen LogP contribution in [0.5, 0.6) is 0 Å². The van der Waals surface area contributed by atoms with Gasteiger partial charge in [0.1, 0.15) is 6.29 Å². The molecule has 0 saturated heterocycles. The van der Waals surface area contributed by atoms with Gasteiger partial charge in [-0.1, -0.05) is 9.39 Å². The molecule has 6 heteroatoms. The summed E-state index contributed by atoms with van der Waals surface area (Å²) in [7, 11) is 4.38. The second-order valence-corrected chi connectivity index (χ2v) is 2.63. The predicted octanol–water partition coefficient (Wildman–Crippen LogP) is -0.816. The van der Waals surface area contributed by atoms with Gasteiger partial charge in [0.2, 0.25) is 5.91 Å². The summed E-state index contributed by atoms with van der Waals surface area (Å²) in [5, 5.41) is 2.60. The molecule has 0 aliphatic carbocycles. The fraction of sp³-hybridized carbons (Fsp3) is 0.500. The molecule has 0 bridgehead atoms. The molecule has 4 nitrogen and oxygen atoms in total. The maximum absolute atomic E-state index is 10.8. The summed E-state index contributed by atoms with van der Waals surface area (Å²) in [6.07, 6.45) is 0.674. The molecule has 1 amide bonds. The SMILES string of the molecule is O=CCN(P)C(=O)CNP. The van der Waals surface area contributed by atoms with Gasteiger partial charge in [-0.3, -0.25) is 9.88 Å². The quantitative estimate of drug-likeness (QED) is 0.454. The molecular weight excluding hydrogens is 170 g/mol. The number of hydrogen-bond acceptors (Lipinski definition) is 3. The van der Waals surface area contributed by atoms with Crippen LogP contribution in [-0.2, 0) is 9.59 Å². The Kier molecular flexibility index (Phi) is 5.70. The zero-order valence-electron chi connectivity index (χ0n) is 5.41. The third-order valence-electron chi connectivity index (χ3n) is 0.845. The smallest absolute Gasteiger partial charge is 0.240 e. The van der Waals surface area contributed by atoms with E-state index in [1.54, 1.807) is 0 Å². The van der Waals surface area contributed by atoms with E-state index in [0.29, 0.717) is 6.29 Å². The Bertz CT molecular complexity index is 130. The standard InChI is InChI=1S/C4H10N2O2P2/c7-2-1-6(10)4(8)3-5-9/h2,5H,1,3,9-10H2. The van der Waals surface area contributed by atoms with E-state index >= 15 is 0 Å². The Morgan fingerprint density at radius 1 is 1.70 bits per heavy atom. The first kappa shape index (κ1) is 9.96. The first-order valence-corrected chi connectivity index (χ1v) is 3.74. The van der Waals surface area contributed by atoms with Crippen LogP contribution in [-0.4, -0.2) is 30.0 Å². The number of aldehydes is 1. The van der Waals surface area contributed by atoms with Crippen molar-refractivity contribution in [3.05, 3.63) is 0 Å². The van der Waals surface area contributed by atoms with E-state index in [2.05, 4.69) is 23.9 Å². The van der Waals surface area contributed by atoms with E-state index in [1.165, 1.54) is 4.67 Å². The van der Waals surface area contributed by atoms with Crippen LogP contribution in [0.15, 0.2) is 0 Å². The molecule has 0 fully saturated rings. The third kappa shape index (κ3) is 3.89. The van der Waals surface area contributed by atoms with E-state index in [0.717, 1.165) is 0 Å². The summed E-state index contributed by atoms with van der Waals surface area (Å²) in [6.45, 7) is 0.345. The lowest BCUT2D eigenvalue weighted by atomic mass is 10.6. The summed E-state index contributed by atoms with van der Waals surface area (Å²) in [5.41, 5.74) is 0. The predicted molar refractivity (Wildman–Crippen MR) is 45.2 cm³/mol. The normalized spacial score (nSPS) is 9.00. The highest BCUT2D eigenvalue weighted by Gasteiger charge is 2.04. The Morgan fingerprint density at radius 2 is 2.30 bits per heavy atom. The maximum Gasteiger partial charge on any atom is 0.240 e. The Labute approximate surface area is 64.2 Å². The second kappa shape index (κ2) is 5.72. The molecule has 0 aromatic carbocycles. The molecule has 10 heavy (non-hydrogen) atoms. The van der Waals surface area contributed by atoms with Gasteiger partial charge in [-0.25, -0.2) is 0 Å². The number of nitrogens with zero attached hydrogens (tertiary/aromatic N) is 1. The zero-order chi connectivity index (χ0) is 7.98. The zero-order valence-corrected chi connectivity index (χ0v) is 7.72. The minimum Gasteiger partial charge on any atom is -0.319 e. The van der Waals surface area contributed by atoms with Crippen molar-refractivity contribution >= 4 is 31.0 Å². The summed E-state index contributed by atoms with van der Waals surface area (Å²) >= 11 is 0. The van der Waals surface area contributed by atoms with E-state index in [-0.39, 0.29) is 19.0 Å². The second-order valence-electron chi connectivity index (χ2n) is 1.59. The van der Waals surface area contributed by atoms with Gasteiger partial charge in [-0.05, 0) is 9.39 Å². The number of nitrogens with one attached hydrogen (secondary N) is 1. The van der Waals surface area contributed by atoms with Crippen LogP contribution in [0.2, 0.25) is 0 Å². The molecular formula is C4H10N2O2P2. The summed E-state index contributed by atoms with van der Waals surface area (Å²) in [5.74, 6) is -0.132. The highest BCUT2D eigenvalue weighted by atomic mass is 31.0. The van der Waals surface area contributed by atoms with Crippen LogP contribution < -0.4 is 5.09 Å². The summed E-state index contributed by atoms with van der Waals surface area (Å²) in [4.78, 5) is 20.7. The Morgan fingerprint density at radius 3 is 2.70 bits per heavy atom. The molecule has 0 saturated carbocycles. The fourth-order valence-electron chi connectivity index (χ4n) is 0.371. The van der Waals surface area contributed by atoms with Gasteiger partial charge in [-0.15, -0.1) is 0 Å². The Balaban J connectivity index is 3.58. The number of rotatable bonds is 4. The molecule has 0 aliphatic rings. The fourth-order valence-corrected chi connectivity index (χ4v) is 0.723. The molecule has 0 radical (unpaired) electrons. The molecule has 2 atom stereocenters. The van der Waals surface area contributed by atoms with E-state index in [9.17, 15) is 9.59 Å². The maximum atomic E-state index is 10.8. The minimum atomic E-state index is -0.132. The van der Waals surface area contributed by atoms with Crippen molar-refractivity contribution in [1.29, 1.82) is 0 Å². The third-order valence-corrected chi connectivity index (χ3v) is 1.55. The molecule has 58 valence electrons. The van der Waals surface area contributed by atoms with Gasteiger partial charge in [0, 0.05) is 0 Å². The van der Waals surface area contributed by atoms with Crippen LogP contribution in [0.1, 0.15) is 0 Å². The molecule has 0 aromatic heterocycles. The monoisotopic (exact) mass is 180 g/mol. The van der Waals surface area contributed by atoms with Crippen LogP contribution in [0.25, 0.3) is 0 Å². The number of hydrogen-bond donors (Lipinski definition) is 1. The average Bonchev–Trinajstić information content (AvgIpc) is 1.89. The lowest BCUT2D eigenvalue weighted by molar-refractivity contribution is -0.126. The molecule has 0 heterocycles. The number of amides is 1. The van der Waals surface area contributed by atoms with E-state index in [1.807, 2.05) is 0 Å². The first-order valence-electron chi connectivity index (χ1n) is 2.64. The van der Waals surface area contributed by atoms with Gasteiger partial charge in [-0.2, -0.15) is 0 Å². The van der Waals surface area contributed by atoms with E-state index < -0.39 is 0 Å².